The van der Waals surface area contributed by atoms with Crippen molar-refractivity contribution in [2.75, 3.05) is 19.8 Å². The summed E-state index contributed by atoms with van der Waals surface area (Å²) in [6.45, 7) is 2.88. The number of carbonyl (C=O) groups is 2. The monoisotopic (exact) mass is 310 g/mol. The van der Waals surface area contributed by atoms with Crippen molar-refractivity contribution in [1.82, 2.24) is 0 Å². The number of benzene rings is 1. The summed E-state index contributed by atoms with van der Waals surface area (Å²) in [5, 5.41) is 0.262. The molecule has 1 aliphatic carbocycles. The topological polar surface area (TPSA) is 61.8 Å². The number of ether oxygens (including phenoxy) is 3. The lowest BCUT2D eigenvalue weighted by Crippen LogP contribution is -2.18. The molecule has 1 heterocycles. The lowest BCUT2D eigenvalue weighted by Gasteiger charge is -2.10. The van der Waals surface area contributed by atoms with Crippen LogP contribution in [-0.2, 0) is 9.53 Å². The van der Waals surface area contributed by atoms with Gasteiger partial charge < -0.3 is 14.2 Å². The molecule has 112 valence electrons. The molecule has 0 unspecified atom stereocenters. The Morgan fingerprint density at radius 1 is 1.29 bits per heavy atom. The van der Waals surface area contributed by atoms with E-state index in [0.29, 0.717) is 24.7 Å². The van der Waals surface area contributed by atoms with Gasteiger partial charge in [-0.25, -0.2) is 4.79 Å². The van der Waals surface area contributed by atoms with Gasteiger partial charge in [-0.2, -0.15) is 0 Å². The van der Waals surface area contributed by atoms with Gasteiger partial charge in [0, 0.05) is 11.0 Å². The van der Waals surface area contributed by atoms with Gasteiger partial charge in [0.1, 0.15) is 0 Å². The fraction of sp³-hybridized carbons (Fsp3) is 0.467. The van der Waals surface area contributed by atoms with Crippen molar-refractivity contribution in [1.29, 1.82) is 0 Å². The minimum Gasteiger partial charge on any atom is -0.489 e. The smallest absolute Gasteiger partial charge is 0.379 e. The standard InChI is InChI=1S/C15H15ClO5/c1-2-19-14(18)12(17)9-5-10(16)13-11(6-9)20-7-15(3-4-15)8-21-13/h5-6H,2-4,7-8H2,1H3. The summed E-state index contributed by atoms with van der Waals surface area (Å²) in [6.07, 6.45) is 2.13. The van der Waals surface area contributed by atoms with Gasteiger partial charge >= 0.3 is 5.97 Å². The zero-order valence-corrected chi connectivity index (χ0v) is 12.4. The Hall–Kier alpha value is -1.75. The maximum absolute atomic E-state index is 12.0. The second-order valence-corrected chi connectivity index (χ2v) is 5.82. The fourth-order valence-corrected chi connectivity index (χ4v) is 2.49. The van der Waals surface area contributed by atoms with Gasteiger partial charge in [0.15, 0.2) is 11.5 Å². The van der Waals surface area contributed by atoms with Crippen LogP contribution < -0.4 is 9.47 Å². The van der Waals surface area contributed by atoms with Gasteiger partial charge in [-0.15, -0.1) is 0 Å². The molecule has 1 spiro atoms. The second-order valence-electron chi connectivity index (χ2n) is 5.41. The molecule has 1 fully saturated rings. The SMILES string of the molecule is CCOC(=O)C(=O)c1cc(Cl)c2c(c1)OCC1(CC1)CO2. The van der Waals surface area contributed by atoms with Gasteiger partial charge in [-0.05, 0) is 31.9 Å². The van der Waals surface area contributed by atoms with Crippen LogP contribution in [0.25, 0.3) is 0 Å². The molecular formula is C15H15ClO5. The highest BCUT2D eigenvalue weighted by molar-refractivity contribution is 6.41. The Morgan fingerprint density at radius 2 is 2.00 bits per heavy atom. The number of Topliss-reactive ketones (excluding diaryl/α,β-unsaturated/α-hetero) is 1. The van der Waals surface area contributed by atoms with Crippen LogP contribution in [0.3, 0.4) is 0 Å². The molecule has 6 heteroatoms. The molecule has 0 amide bonds. The molecule has 0 radical (unpaired) electrons. The summed E-state index contributed by atoms with van der Waals surface area (Å²) in [7, 11) is 0. The molecule has 0 N–H and O–H groups in total. The van der Waals surface area contributed by atoms with Crippen LogP contribution in [0.2, 0.25) is 5.02 Å². The largest absolute Gasteiger partial charge is 0.489 e. The van der Waals surface area contributed by atoms with Crippen molar-refractivity contribution in [3.63, 3.8) is 0 Å². The zero-order valence-electron chi connectivity index (χ0n) is 11.6. The number of fused-ring (bicyclic) bond motifs is 1. The first-order chi connectivity index (χ1) is 10.0. The summed E-state index contributed by atoms with van der Waals surface area (Å²) in [4.78, 5) is 23.5. The van der Waals surface area contributed by atoms with Crippen LogP contribution in [-0.4, -0.2) is 31.6 Å². The lowest BCUT2D eigenvalue weighted by molar-refractivity contribution is -0.137. The zero-order chi connectivity index (χ0) is 15.0. The molecule has 1 aliphatic heterocycles. The summed E-state index contributed by atoms with van der Waals surface area (Å²) in [5.74, 6) is -0.808. The van der Waals surface area contributed by atoms with E-state index in [0.717, 1.165) is 12.8 Å². The van der Waals surface area contributed by atoms with E-state index in [1.807, 2.05) is 0 Å². The van der Waals surface area contributed by atoms with E-state index >= 15 is 0 Å². The number of hydrogen-bond donors (Lipinski definition) is 0. The second kappa shape index (κ2) is 5.22. The highest BCUT2D eigenvalue weighted by Gasteiger charge is 2.46. The third-order valence-corrected chi connectivity index (χ3v) is 4.03. The molecule has 0 saturated heterocycles. The quantitative estimate of drug-likeness (QED) is 0.488. The molecule has 1 saturated carbocycles. The first kappa shape index (κ1) is 14.2. The summed E-state index contributed by atoms with van der Waals surface area (Å²) < 4.78 is 16.1. The van der Waals surface area contributed by atoms with Gasteiger partial charge in [0.25, 0.3) is 5.78 Å². The number of halogens is 1. The van der Waals surface area contributed by atoms with E-state index in [1.165, 1.54) is 12.1 Å². The van der Waals surface area contributed by atoms with Crippen LogP contribution >= 0.6 is 11.6 Å². The van der Waals surface area contributed by atoms with E-state index in [4.69, 9.17) is 25.8 Å². The van der Waals surface area contributed by atoms with Gasteiger partial charge in [-0.3, -0.25) is 4.79 Å². The van der Waals surface area contributed by atoms with Crippen LogP contribution in [0.4, 0.5) is 0 Å². The first-order valence-corrected chi connectivity index (χ1v) is 7.23. The minimum atomic E-state index is -0.901. The predicted molar refractivity (Wildman–Crippen MR) is 75.1 cm³/mol. The Morgan fingerprint density at radius 3 is 2.67 bits per heavy atom. The highest BCUT2D eigenvalue weighted by Crippen LogP contribution is 2.50. The van der Waals surface area contributed by atoms with Crippen LogP contribution in [0.15, 0.2) is 12.1 Å². The van der Waals surface area contributed by atoms with Crippen molar-refractivity contribution in [2.24, 2.45) is 5.41 Å². The lowest BCUT2D eigenvalue weighted by atomic mass is 10.1. The maximum Gasteiger partial charge on any atom is 0.379 e. The average Bonchev–Trinajstić information content (AvgIpc) is 3.26. The minimum absolute atomic E-state index is 0.0770. The Labute approximate surface area is 127 Å². The van der Waals surface area contributed by atoms with Crippen LogP contribution in [0.5, 0.6) is 11.5 Å². The molecule has 0 bridgehead atoms. The number of ketones is 1. The first-order valence-electron chi connectivity index (χ1n) is 6.85. The highest BCUT2D eigenvalue weighted by atomic mass is 35.5. The molecule has 0 atom stereocenters. The van der Waals surface area contributed by atoms with Crippen molar-refractivity contribution in [2.45, 2.75) is 19.8 Å². The number of rotatable bonds is 3. The molecule has 0 aromatic heterocycles. The molecule has 1 aromatic rings. The summed E-state index contributed by atoms with van der Waals surface area (Å²) in [6, 6.07) is 2.90. The third-order valence-electron chi connectivity index (χ3n) is 3.75. The van der Waals surface area contributed by atoms with Gasteiger partial charge in [0.2, 0.25) is 0 Å². The maximum atomic E-state index is 12.0. The van der Waals surface area contributed by atoms with E-state index < -0.39 is 11.8 Å². The normalized spacial score (nSPS) is 18.0. The van der Waals surface area contributed by atoms with Crippen molar-refractivity contribution in [3.8, 4) is 11.5 Å². The molecular weight excluding hydrogens is 296 g/mol. The van der Waals surface area contributed by atoms with E-state index in [9.17, 15) is 9.59 Å². The van der Waals surface area contributed by atoms with Crippen LogP contribution in [0, 0.1) is 5.41 Å². The molecule has 3 rings (SSSR count). The number of carbonyl (C=O) groups excluding carboxylic acids is 2. The summed E-state index contributed by atoms with van der Waals surface area (Å²) >= 11 is 6.15. The number of esters is 1. The number of hydrogen-bond acceptors (Lipinski definition) is 5. The van der Waals surface area contributed by atoms with Gasteiger partial charge in [-0.1, -0.05) is 11.6 Å². The predicted octanol–water partition coefficient (Wildman–Crippen LogP) is 2.64. The van der Waals surface area contributed by atoms with E-state index in [-0.39, 0.29) is 22.6 Å². The molecule has 21 heavy (non-hydrogen) atoms. The summed E-state index contributed by atoms with van der Waals surface area (Å²) in [5.41, 5.74) is 0.223. The Kier molecular flexibility index (Phi) is 3.53. The molecule has 1 aromatic carbocycles. The van der Waals surface area contributed by atoms with Gasteiger partial charge in [0.05, 0.1) is 24.8 Å². The van der Waals surface area contributed by atoms with E-state index in [2.05, 4.69) is 0 Å². The average molecular weight is 311 g/mol. The Balaban J connectivity index is 1.89. The Bertz CT molecular complexity index is 606. The molecule has 2 aliphatic rings. The fourth-order valence-electron chi connectivity index (χ4n) is 2.22. The van der Waals surface area contributed by atoms with Crippen molar-refractivity contribution < 1.29 is 23.8 Å². The van der Waals surface area contributed by atoms with Crippen LogP contribution in [0.1, 0.15) is 30.1 Å². The van der Waals surface area contributed by atoms with Crippen molar-refractivity contribution in [3.05, 3.63) is 22.7 Å². The molecule has 5 nitrogen and oxygen atoms in total. The van der Waals surface area contributed by atoms with E-state index in [1.54, 1.807) is 6.92 Å². The van der Waals surface area contributed by atoms with Crippen molar-refractivity contribution >= 4 is 23.4 Å². The third kappa shape index (κ3) is 2.70.